The number of fused-ring (bicyclic) bond motifs is 1. The maximum Gasteiger partial charge on any atom is 0.226 e. The van der Waals surface area contributed by atoms with Crippen LogP contribution in [-0.2, 0) is 10.8 Å². The minimum atomic E-state index is -0.827. The maximum atomic E-state index is 11.3. The average molecular weight is 326 g/mol. The fourth-order valence-corrected chi connectivity index (χ4v) is 3.76. The van der Waals surface area contributed by atoms with Gasteiger partial charge in [-0.05, 0) is 26.3 Å². The lowest BCUT2D eigenvalue weighted by atomic mass is 10.3. The molecular weight excluding hydrogens is 304 g/mol. The van der Waals surface area contributed by atoms with Gasteiger partial charge in [0, 0.05) is 40.3 Å². The fourth-order valence-electron chi connectivity index (χ4n) is 2.09. The average Bonchev–Trinajstić information content (AvgIpc) is 2.76. The van der Waals surface area contributed by atoms with Crippen molar-refractivity contribution in [3.63, 3.8) is 0 Å². The van der Waals surface area contributed by atoms with Crippen LogP contribution in [0.15, 0.2) is 6.07 Å². The summed E-state index contributed by atoms with van der Waals surface area (Å²) >= 11 is 1.66. The Kier molecular flexibility index (Phi) is 5.52. The van der Waals surface area contributed by atoms with E-state index >= 15 is 0 Å². The van der Waals surface area contributed by atoms with Crippen LogP contribution in [0.25, 0.3) is 10.2 Å². The van der Waals surface area contributed by atoms with E-state index in [9.17, 15) is 4.21 Å². The Hall–Kier alpha value is -1.21. The molecule has 116 valence electrons. The molecule has 0 amide bonds. The van der Waals surface area contributed by atoms with Gasteiger partial charge < -0.3 is 10.6 Å². The first-order valence-corrected chi connectivity index (χ1v) is 9.62. The molecule has 0 aliphatic rings. The zero-order valence-corrected chi connectivity index (χ0v) is 14.5. The molecule has 0 bridgehead atoms. The second-order valence-electron chi connectivity index (χ2n) is 5.18. The van der Waals surface area contributed by atoms with Gasteiger partial charge >= 0.3 is 0 Å². The third kappa shape index (κ3) is 4.38. The van der Waals surface area contributed by atoms with Crippen molar-refractivity contribution in [3.8, 4) is 0 Å². The number of hydrogen-bond donors (Lipinski definition) is 2. The number of rotatable bonds is 7. The van der Waals surface area contributed by atoms with E-state index in [1.807, 2.05) is 6.92 Å². The van der Waals surface area contributed by atoms with Gasteiger partial charge in [0.05, 0.1) is 5.39 Å². The van der Waals surface area contributed by atoms with Crippen molar-refractivity contribution < 1.29 is 4.21 Å². The minimum absolute atomic E-state index is 0.105. The van der Waals surface area contributed by atoms with Gasteiger partial charge in [-0.3, -0.25) is 4.21 Å². The molecule has 7 heteroatoms. The van der Waals surface area contributed by atoms with E-state index in [2.05, 4.69) is 40.5 Å². The van der Waals surface area contributed by atoms with Crippen molar-refractivity contribution in [1.82, 2.24) is 9.97 Å². The standard InChI is InChI=1S/C14H22N4OS2/c1-5-6-15-14-17-12(16-9(2)8-21(4)19)11-7-10(3)20-13(11)18-14/h7,9H,5-6,8H2,1-4H3,(H2,15,16,17,18). The maximum absolute atomic E-state index is 11.3. The minimum Gasteiger partial charge on any atom is -0.366 e. The largest absolute Gasteiger partial charge is 0.366 e. The Labute approximate surface area is 132 Å². The predicted octanol–water partition coefficient (Wildman–Crippen LogP) is 3.00. The molecule has 0 aliphatic heterocycles. The summed E-state index contributed by atoms with van der Waals surface area (Å²) in [7, 11) is -0.827. The lowest BCUT2D eigenvalue weighted by molar-refractivity contribution is 0.683. The first-order chi connectivity index (χ1) is 9.99. The van der Waals surface area contributed by atoms with Crippen LogP contribution in [0.5, 0.6) is 0 Å². The summed E-state index contributed by atoms with van der Waals surface area (Å²) in [6.07, 6.45) is 2.75. The van der Waals surface area contributed by atoms with Crippen LogP contribution in [0, 0.1) is 6.92 Å². The number of thiophene rings is 1. The highest BCUT2D eigenvalue weighted by molar-refractivity contribution is 7.84. The monoisotopic (exact) mass is 326 g/mol. The van der Waals surface area contributed by atoms with Crippen LogP contribution >= 0.6 is 11.3 Å². The molecule has 0 fully saturated rings. The van der Waals surface area contributed by atoms with E-state index in [-0.39, 0.29) is 6.04 Å². The van der Waals surface area contributed by atoms with E-state index in [0.29, 0.717) is 11.7 Å². The van der Waals surface area contributed by atoms with E-state index in [1.165, 1.54) is 4.88 Å². The molecule has 0 spiro atoms. The second-order valence-corrected chi connectivity index (χ2v) is 7.90. The van der Waals surface area contributed by atoms with Crippen LogP contribution < -0.4 is 10.6 Å². The van der Waals surface area contributed by atoms with Gasteiger partial charge in [-0.1, -0.05) is 6.92 Å². The lowest BCUT2D eigenvalue weighted by Crippen LogP contribution is -2.23. The van der Waals surface area contributed by atoms with Crippen molar-refractivity contribution in [1.29, 1.82) is 0 Å². The zero-order chi connectivity index (χ0) is 15.4. The SMILES string of the molecule is CCCNc1nc(NC(C)CS(C)=O)c2cc(C)sc2n1. The number of aromatic nitrogens is 2. The number of nitrogens with zero attached hydrogens (tertiary/aromatic N) is 2. The smallest absolute Gasteiger partial charge is 0.226 e. The molecule has 5 nitrogen and oxygen atoms in total. The summed E-state index contributed by atoms with van der Waals surface area (Å²) in [5.41, 5.74) is 0. The number of aryl methyl sites for hydroxylation is 1. The van der Waals surface area contributed by atoms with Gasteiger partial charge in [0.2, 0.25) is 5.95 Å². The molecule has 2 N–H and O–H groups in total. The number of anilines is 2. The van der Waals surface area contributed by atoms with Crippen molar-refractivity contribution in [2.24, 2.45) is 0 Å². The third-order valence-corrected chi connectivity index (χ3v) is 4.83. The molecule has 2 rings (SSSR count). The van der Waals surface area contributed by atoms with E-state index in [0.717, 1.165) is 29.0 Å². The van der Waals surface area contributed by atoms with Crippen LogP contribution in [0.2, 0.25) is 0 Å². The molecule has 0 saturated heterocycles. The van der Waals surface area contributed by atoms with E-state index in [1.54, 1.807) is 17.6 Å². The van der Waals surface area contributed by atoms with Crippen LogP contribution in [-0.4, -0.2) is 38.8 Å². The lowest BCUT2D eigenvalue weighted by Gasteiger charge is -2.15. The van der Waals surface area contributed by atoms with Crippen LogP contribution in [0.3, 0.4) is 0 Å². The molecule has 0 aromatic carbocycles. The fraction of sp³-hybridized carbons (Fsp3) is 0.571. The molecule has 2 atom stereocenters. The van der Waals surface area contributed by atoms with Crippen LogP contribution in [0.1, 0.15) is 25.1 Å². The molecule has 2 aromatic rings. The molecular formula is C14H22N4OS2. The quantitative estimate of drug-likeness (QED) is 0.819. The molecule has 0 aliphatic carbocycles. The van der Waals surface area contributed by atoms with Gasteiger partial charge in [0.1, 0.15) is 10.6 Å². The summed E-state index contributed by atoms with van der Waals surface area (Å²) < 4.78 is 11.3. The summed E-state index contributed by atoms with van der Waals surface area (Å²) in [6.45, 7) is 7.05. The van der Waals surface area contributed by atoms with Crippen molar-refractivity contribution in [3.05, 3.63) is 10.9 Å². The molecule has 0 saturated carbocycles. The Bertz CT molecular complexity index is 641. The first-order valence-electron chi connectivity index (χ1n) is 7.08. The topological polar surface area (TPSA) is 66.9 Å². The van der Waals surface area contributed by atoms with Gasteiger partial charge in [-0.15, -0.1) is 11.3 Å². The van der Waals surface area contributed by atoms with Crippen molar-refractivity contribution in [2.45, 2.75) is 33.2 Å². The van der Waals surface area contributed by atoms with Gasteiger partial charge in [0.15, 0.2) is 0 Å². The Morgan fingerprint density at radius 3 is 2.86 bits per heavy atom. The summed E-state index contributed by atoms with van der Waals surface area (Å²) in [5, 5.41) is 7.64. The summed E-state index contributed by atoms with van der Waals surface area (Å²) in [5.74, 6) is 2.08. The summed E-state index contributed by atoms with van der Waals surface area (Å²) in [4.78, 5) is 11.3. The van der Waals surface area contributed by atoms with E-state index < -0.39 is 10.8 Å². The van der Waals surface area contributed by atoms with E-state index in [4.69, 9.17) is 0 Å². The Morgan fingerprint density at radius 2 is 2.19 bits per heavy atom. The van der Waals surface area contributed by atoms with Crippen molar-refractivity contribution >= 4 is 44.1 Å². The molecule has 2 heterocycles. The van der Waals surface area contributed by atoms with Crippen LogP contribution in [0.4, 0.5) is 11.8 Å². The molecule has 2 unspecified atom stereocenters. The zero-order valence-electron chi connectivity index (χ0n) is 12.9. The Balaban J connectivity index is 2.32. The first kappa shape index (κ1) is 16.2. The highest BCUT2D eigenvalue weighted by Gasteiger charge is 2.13. The number of hydrogen-bond acceptors (Lipinski definition) is 6. The predicted molar refractivity (Wildman–Crippen MR) is 93.0 cm³/mol. The third-order valence-electron chi connectivity index (χ3n) is 2.92. The van der Waals surface area contributed by atoms with Gasteiger partial charge in [-0.2, -0.15) is 4.98 Å². The highest BCUT2D eigenvalue weighted by atomic mass is 32.2. The second kappa shape index (κ2) is 7.17. The highest BCUT2D eigenvalue weighted by Crippen LogP contribution is 2.29. The van der Waals surface area contributed by atoms with Gasteiger partial charge in [0.25, 0.3) is 0 Å². The molecule has 0 radical (unpaired) electrons. The van der Waals surface area contributed by atoms with Crippen molar-refractivity contribution in [2.75, 3.05) is 29.2 Å². The Morgan fingerprint density at radius 1 is 1.43 bits per heavy atom. The van der Waals surface area contributed by atoms with Gasteiger partial charge in [-0.25, -0.2) is 4.98 Å². The number of nitrogens with one attached hydrogen (secondary N) is 2. The normalized spacial score (nSPS) is 14.1. The summed E-state index contributed by atoms with van der Waals surface area (Å²) in [6, 6.07) is 2.20. The molecule has 21 heavy (non-hydrogen) atoms. The molecule has 2 aromatic heterocycles.